The number of nitrogens with zero attached hydrogens (tertiary/aromatic N) is 3. The van der Waals surface area contributed by atoms with Crippen molar-refractivity contribution in [2.45, 2.75) is 57.5 Å². The molecule has 1 aliphatic heterocycles. The highest BCUT2D eigenvalue weighted by Crippen LogP contribution is 2.34. The Morgan fingerprint density at radius 1 is 0.970 bits per heavy atom. The van der Waals surface area contributed by atoms with Crippen LogP contribution in [-0.4, -0.2) is 54.9 Å². The molecule has 2 aromatic carbocycles. The number of carbonyl (C=O) groups is 1. The summed E-state index contributed by atoms with van der Waals surface area (Å²) in [7, 11) is 3.32. The second-order valence-corrected chi connectivity index (χ2v) is 8.86. The van der Waals surface area contributed by atoms with Gasteiger partial charge >= 0.3 is 0 Å². The molecule has 2 aliphatic rings. The van der Waals surface area contributed by atoms with Crippen molar-refractivity contribution < 1.29 is 14.3 Å². The summed E-state index contributed by atoms with van der Waals surface area (Å²) in [5, 5.41) is 6.56. The monoisotopic (exact) mass is 449 g/mol. The molecule has 176 valence electrons. The maximum Gasteiger partial charge on any atom is 0.257 e. The van der Waals surface area contributed by atoms with Crippen LogP contribution in [0.2, 0.25) is 0 Å². The smallest absolute Gasteiger partial charge is 0.257 e. The van der Waals surface area contributed by atoms with E-state index in [0.717, 1.165) is 34.9 Å². The lowest BCUT2D eigenvalue weighted by molar-refractivity contribution is -0.135. The minimum Gasteiger partial charge on any atom is -0.497 e. The fourth-order valence-electron chi connectivity index (χ4n) is 4.98. The van der Waals surface area contributed by atoms with Crippen molar-refractivity contribution in [3.63, 3.8) is 0 Å². The van der Waals surface area contributed by atoms with Gasteiger partial charge in [0.25, 0.3) is 5.91 Å². The maximum atomic E-state index is 13.6. The Hall–Kier alpha value is -2.86. The summed E-state index contributed by atoms with van der Waals surface area (Å²) in [5.41, 5.74) is 3.01. The van der Waals surface area contributed by atoms with E-state index in [4.69, 9.17) is 14.6 Å². The zero-order valence-electron chi connectivity index (χ0n) is 20.0. The van der Waals surface area contributed by atoms with Crippen LogP contribution in [0, 0.1) is 0 Å². The number of rotatable bonds is 8. The molecule has 1 aliphatic carbocycles. The molecular weight excluding hydrogens is 414 g/mol. The first-order chi connectivity index (χ1) is 16.1. The topological polar surface area (TPSA) is 54.4 Å². The van der Waals surface area contributed by atoms with Crippen molar-refractivity contribution in [3.05, 3.63) is 59.7 Å². The number of hydrazone groups is 1. The Labute approximate surface area is 197 Å². The van der Waals surface area contributed by atoms with Crippen LogP contribution >= 0.6 is 0 Å². The lowest BCUT2D eigenvalue weighted by Crippen LogP contribution is -2.44. The van der Waals surface area contributed by atoms with E-state index >= 15 is 0 Å². The van der Waals surface area contributed by atoms with Gasteiger partial charge in [0.1, 0.15) is 11.5 Å². The molecule has 4 rings (SSSR count). The lowest BCUT2D eigenvalue weighted by Gasteiger charge is -2.34. The largest absolute Gasteiger partial charge is 0.497 e. The van der Waals surface area contributed by atoms with Crippen molar-refractivity contribution in [2.75, 3.05) is 27.3 Å². The average molecular weight is 450 g/mol. The van der Waals surface area contributed by atoms with Gasteiger partial charge in [-0.2, -0.15) is 5.10 Å². The van der Waals surface area contributed by atoms with E-state index in [0.29, 0.717) is 19.0 Å². The zero-order valence-corrected chi connectivity index (χ0v) is 20.0. The average Bonchev–Trinajstić information content (AvgIpc) is 3.33. The maximum absolute atomic E-state index is 13.6. The molecule has 6 nitrogen and oxygen atoms in total. The Morgan fingerprint density at radius 2 is 1.58 bits per heavy atom. The van der Waals surface area contributed by atoms with E-state index in [-0.39, 0.29) is 11.9 Å². The lowest BCUT2D eigenvalue weighted by atomic mass is 9.94. The third-order valence-electron chi connectivity index (χ3n) is 6.93. The van der Waals surface area contributed by atoms with E-state index < -0.39 is 0 Å². The molecular formula is C27H35N3O3. The molecule has 1 heterocycles. The predicted octanol–water partition coefficient (Wildman–Crippen LogP) is 5.04. The van der Waals surface area contributed by atoms with Crippen LogP contribution in [0.5, 0.6) is 11.5 Å². The van der Waals surface area contributed by atoms with E-state index in [2.05, 4.69) is 11.8 Å². The highest BCUT2D eigenvalue weighted by Gasteiger charge is 2.34. The Morgan fingerprint density at radius 3 is 2.15 bits per heavy atom. The van der Waals surface area contributed by atoms with Gasteiger partial charge in [-0.05, 0) is 66.9 Å². The molecule has 0 saturated heterocycles. The summed E-state index contributed by atoms with van der Waals surface area (Å²) in [5.74, 6) is 1.68. The van der Waals surface area contributed by atoms with Gasteiger partial charge in [0.2, 0.25) is 0 Å². The molecule has 1 amide bonds. The molecule has 0 spiro atoms. The summed E-state index contributed by atoms with van der Waals surface area (Å²) in [6.07, 6.45) is 6.87. The molecule has 0 N–H and O–H groups in total. The van der Waals surface area contributed by atoms with E-state index in [1.165, 1.54) is 32.1 Å². The molecule has 1 fully saturated rings. The van der Waals surface area contributed by atoms with E-state index in [9.17, 15) is 4.79 Å². The fraction of sp³-hybridized carbons (Fsp3) is 0.481. The summed E-state index contributed by atoms with van der Waals surface area (Å²) < 4.78 is 10.6. The molecule has 0 aromatic heterocycles. The Bertz CT molecular complexity index is 950. The van der Waals surface area contributed by atoms with Gasteiger partial charge in [0, 0.05) is 12.5 Å². The zero-order chi connectivity index (χ0) is 23.2. The molecule has 2 aromatic rings. The molecule has 33 heavy (non-hydrogen) atoms. The van der Waals surface area contributed by atoms with Crippen LogP contribution in [0.4, 0.5) is 0 Å². The number of amides is 1. The van der Waals surface area contributed by atoms with Gasteiger partial charge in [-0.15, -0.1) is 0 Å². The van der Waals surface area contributed by atoms with Gasteiger partial charge in [-0.25, -0.2) is 5.01 Å². The van der Waals surface area contributed by atoms with Crippen LogP contribution in [0.1, 0.15) is 62.6 Å². The standard InChI is InChI=1S/C27H35N3O3/c1-4-29(22-8-6-5-7-9-22)19-27(31)30-26(21-12-16-24(33-3)17-13-21)18-25(28-30)20-10-14-23(32-2)15-11-20/h10-17,22,26H,4-9,18-19H2,1-3H3. The summed E-state index contributed by atoms with van der Waals surface area (Å²) >= 11 is 0. The van der Waals surface area contributed by atoms with Crippen molar-refractivity contribution in [3.8, 4) is 11.5 Å². The molecule has 1 saturated carbocycles. The number of hydrogen-bond donors (Lipinski definition) is 0. The number of methoxy groups -OCH3 is 2. The molecule has 6 heteroatoms. The first-order valence-electron chi connectivity index (χ1n) is 12.0. The molecule has 1 atom stereocenters. The van der Waals surface area contributed by atoms with Gasteiger partial charge in [-0.1, -0.05) is 38.3 Å². The highest BCUT2D eigenvalue weighted by molar-refractivity contribution is 6.03. The summed E-state index contributed by atoms with van der Waals surface area (Å²) in [6, 6.07) is 16.2. The second kappa shape index (κ2) is 10.8. The van der Waals surface area contributed by atoms with Crippen molar-refractivity contribution >= 4 is 11.6 Å². The van der Waals surface area contributed by atoms with E-state index in [1.54, 1.807) is 19.2 Å². The quantitative estimate of drug-likeness (QED) is 0.567. The number of hydrogen-bond acceptors (Lipinski definition) is 5. The van der Waals surface area contributed by atoms with Crippen LogP contribution in [0.3, 0.4) is 0 Å². The minimum absolute atomic E-state index is 0.0618. The van der Waals surface area contributed by atoms with Crippen molar-refractivity contribution in [1.29, 1.82) is 0 Å². The Balaban J connectivity index is 1.58. The van der Waals surface area contributed by atoms with Crippen LogP contribution in [0.15, 0.2) is 53.6 Å². The number of ether oxygens (including phenoxy) is 2. The van der Waals surface area contributed by atoms with Gasteiger partial charge in [-0.3, -0.25) is 9.69 Å². The molecule has 0 radical (unpaired) electrons. The first-order valence-corrected chi connectivity index (χ1v) is 12.0. The van der Waals surface area contributed by atoms with Crippen LogP contribution in [-0.2, 0) is 4.79 Å². The summed E-state index contributed by atoms with van der Waals surface area (Å²) in [6.45, 7) is 3.44. The van der Waals surface area contributed by atoms with Crippen LogP contribution < -0.4 is 9.47 Å². The number of benzene rings is 2. The molecule has 0 bridgehead atoms. The van der Waals surface area contributed by atoms with Crippen LogP contribution in [0.25, 0.3) is 0 Å². The van der Waals surface area contributed by atoms with E-state index in [1.807, 2.05) is 48.5 Å². The summed E-state index contributed by atoms with van der Waals surface area (Å²) in [4.78, 5) is 15.9. The SMILES string of the molecule is CCN(CC(=O)N1N=C(c2ccc(OC)cc2)CC1c1ccc(OC)cc1)C1CCCCC1. The third kappa shape index (κ3) is 5.38. The predicted molar refractivity (Wildman–Crippen MR) is 131 cm³/mol. The van der Waals surface area contributed by atoms with Crippen molar-refractivity contribution in [2.24, 2.45) is 5.10 Å². The molecule has 1 unspecified atom stereocenters. The normalized spacial score (nSPS) is 19.0. The highest BCUT2D eigenvalue weighted by atomic mass is 16.5. The Kier molecular flexibility index (Phi) is 7.65. The number of likely N-dealkylation sites (N-methyl/N-ethyl adjacent to an activating group) is 1. The fourth-order valence-corrected chi connectivity index (χ4v) is 4.98. The van der Waals surface area contributed by atoms with Gasteiger partial charge in [0.15, 0.2) is 0 Å². The second-order valence-electron chi connectivity index (χ2n) is 8.86. The number of carbonyl (C=O) groups excluding carboxylic acids is 1. The van der Waals surface area contributed by atoms with Crippen molar-refractivity contribution in [1.82, 2.24) is 9.91 Å². The third-order valence-corrected chi connectivity index (χ3v) is 6.93. The van der Waals surface area contributed by atoms with Gasteiger partial charge < -0.3 is 9.47 Å². The minimum atomic E-state index is -0.120. The first kappa shape index (κ1) is 23.3. The van der Waals surface area contributed by atoms with Gasteiger partial charge in [0.05, 0.1) is 32.5 Å².